The number of nitrogens with one attached hydrogen (secondary N) is 1. The number of benzene rings is 2. The highest BCUT2D eigenvalue weighted by Crippen LogP contribution is 2.28. The predicted molar refractivity (Wildman–Crippen MR) is 111 cm³/mol. The summed E-state index contributed by atoms with van der Waals surface area (Å²) >= 11 is 8.07. The minimum Gasteiger partial charge on any atom is -0.325 e. The van der Waals surface area contributed by atoms with Crippen molar-refractivity contribution in [2.75, 3.05) is 11.9 Å². The van der Waals surface area contributed by atoms with E-state index in [-0.39, 0.29) is 10.8 Å². The van der Waals surface area contributed by atoms with Crippen LogP contribution in [0.15, 0.2) is 47.4 Å². The summed E-state index contributed by atoms with van der Waals surface area (Å²) in [6.07, 6.45) is 1.15. The van der Waals surface area contributed by atoms with Crippen molar-refractivity contribution in [1.29, 1.82) is 0 Å². The van der Waals surface area contributed by atoms with E-state index < -0.39 is 16.1 Å². The van der Waals surface area contributed by atoms with Crippen LogP contribution in [-0.2, 0) is 14.8 Å². The second-order valence-corrected chi connectivity index (χ2v) is 9.67. The standard InChI is InChI=1S/C18H18ClIN2O3S/c1-12-11-14(6-9-16(12)20)21-18(23)17-3-2-10-22(17)26(24,25)15-7-4-13(19)5-8-15/h4-9,11,17H,2-3,10H2,1H3,(H,21,23)/t17-/m1/s1. The van der Waals surface area contributed by atoms with Gasteiger partial charge in [-0.05, 0) is 90.4 Å². The van der Waals surface area contributed by atoms with Crippen LogP contribution in [0.5, 0.6) is 0 Å². The Morgan fingerprint density at radius 3 is 2.58 bits per heavy atom. The van der Waals surface area contributed by atoms with Gasteiger partial charge in [-0.2, -0.15) is 4.31 Å². The summed E-state index contributed by atoms with van der Waals surface area (Å²) in [7, 11) is -3.74. The third-order valence-corrected chi connectivity index (χ3v) is 7.74. The van der Waals surface area contributed by atoms with E-state index >= 15 is 0 Å². The van der Waals surface area contributed by atoms with Gasteiger partial charge in [0.2, 0.25) is 15.9 Å². The Morgan fingerprint density at radius 1 is 1.23 bits per heavy atom. The molecule has 1 heterocycles. The molecule has 0 bridgehead atoms. The van der Waals surface area contributed by atoms with Crippen LogP contribution >= 0.6 is 34.2 Å². The van der Waals surface area contributed by atoms with Gasteiger partial charge in [-0.25, -0.2) is 8.42 Å². The van der Waals surface area contributed by atoms with Crippen molar-refractivity contribution in [3.05, 3.63) is 56.6 Å². The van der Waals surface area contributed by atoms with Gasteiger partial charge in [-0.1, -0.05) is 11.6 Å². The van der Waals surface area contributed by atoms with Crippen LogP contribution in [0.4, 0.5) is 5.69 Å². The molecule has 138 valence electrons. The molecule has 0 radical (unpaired) electrons. The summed E-state index contributed by atoms with van der Waals surface area (Å²) < 4.78 is 28.2. The van der Waals surface area contributed by atoms with Gasteiger partial charge in [0.25, 0.3) is 0 Å². The van der Waals surface area contributed by atoms with E-state index in [1.165, 1.54) is 28.6 Å². The van der Waals surface area contributed by atoms with Crippen LogP contribution < -0.4 is 5.32 Å². The number of anilines is 1. The maximum atomic E-state index is 12.9. The second-order valence-electron chi connectivity index (χ2n) is 6.18. The summed E-state index contributed by atoms with van der Waals surface area (Å²) in [5.74, 6) is -0.305. The van der Waals surface area contributed by atoms with Gasteiger partial charge in [0, 0.05) is 20.8 Å². The summed E-state index contributed by atoms with van der Waals surface area (Å²) in [6, 6.07) is 10.9. The Kier molecular flexibility index (Phi) is 5.91. The van der Waals surface area contributed by atoms with E-state index in [1.807, 2.05) is 25.1 Å². The van der Waals surface area contributed by atoms with Crippen molar-refractivity contribution < 1.29 is 13.2 Å². The van der Waals surface area contributed by atoms with Gasteiger partial charge in [0.15, 0.2) is 0 Å². The molecule has 8 heteroatoms. The van der Waals surface area contributed by atoms with E-state index in [0.717, 1.165) is 9.13 Å². The van der Waals surface area contributed by atoms with Gasteiger partial charge in [0.05, 0.1) is 4.90 Å². The Bertz CT molecular complexity index is 932. The molecule has 0 aliphatic carbocycles. The van der Waals surface area contributed by atoms with E-state index in [2.05, 4.69) is 27.9 Å². The molecule has 0 unspecified atom stereocenters. The van der Waals surface area contributed by atoms with E-state index in [9.17, 15) is 13.2 Å². The molecule has 1 atom stereocenters. The lowest BCUT2D eigenvalue weighted by Crippen LogP contribution is -2.43. The quantitative estimate of drug-likeness (QED) is 0.639. The van der Waals surface area contributed by atoms with Crippen LogP contribution in [0.25, 0.3) is 0 Å². The number of carbonyl (C=O) groups is 1. The number of amides is 1. The minimum absolute atomic E-state index is 0.145. The fourth-order valence-corrected chi connectivity index (χ4v) is 5.10. The van der Waals surface area contributed by atoms with E-state index in [4.69, 9.17) is 11.6 Å². The van der Waals surface area contributed by atoms with E-state index in [1.54, 1.807) is 0 Å². The molecule has 2 aromatic rings. The molecule has 1 fully saturated rings. The van der Waals surface area contributed by atoms with Gasteiger partial charge in [-0.3, -0.25) is 4.79 Å². The van der Waals surface area contributed by atoms with Gasteiger partial charge >= 0.3 is 0 Å². The van der Waals surface area contributed by atoms with Crippen molar-refractivity contribution in [3.63, 3.8) is 0 Å². The van der Waals surface area contributed by atoms with Crippen LogP contribution in [0.3, 0.4) is 0 Å². The van der Waals surface area contributed by atoms with E-state index in [0.29, 0.717) is 30.1 Å². The molecule has 1 amide bonds. The average molecular weight is 505 g/mol. The SMILES string of the molecule is Cc1cc(NC(=O)[C@H]2CCCN2S(=O)(=O)c2ccc(Cl)cc2)ccc1I. The first-order valence-corrected chi connectivity index (χ1v) is 11.0. The van der Waals surface area contributed by atoms with Crippen LogP contribution in [-0.4, -0.2) is 31.2 Å². The second kappa shape index (κ2) is 7.84. The highest BCUT2D eigenvalue weighted by molar-refractivity contribution is 14.1. The first kappa shape index (κ1) is 19.6. The molecule has 0 spiro atoms. The van der Waals surface area contributed by atoms with Crippen LogP contribution in [0.2, 0.25) is 5.02 Å². The molecule has 0 aromatic heterocycles. The number of hydrogen-bond acceptors (Lipinski definition) is 3. The van der Waals surface area contributed by atoms with Crippen LogP contribution in [0, 0.1) is 10.5 Å². The Balaban J connectivity index is 1.81. The average Bonchev–Trinajstić information content (AvgIpc) is 3.09. The van der Waals surface area contributed by atoms with Gasteiger partial charge in [-0.15, -0.1) is 0 Å². The Morgan fingerprint density at radius 2 is 1.92 bits per heavy atom. The number of aryl methyl sites for hydroxylation is 1. The number of sulfonamides is 1. The minimum atomic E-state index is -3.74. The largest absolute Gasteiger partial charge is 0.325 e. The maximum Gasteiger partial charge on any atom is 0.243 e. The molecule has 0 saturated carbocycles. The van der Waals surface area contributed by atoms with Crippen molar-refractivity contribution >= 4 is 55.8 Å². The molecular formula is C18H18ClIN2O3S. The summed E-state index contributed by atoms with van der Waals surface area (Å²) in [6.45, 7) is 2.29. The Labute approximate surface area is 171 Å². The number of carbonyl (C=O) groups excluding carboxylic acids is 1. The smallest absolute Gasteiger partial charge is 0.243 e. The molecule has 2 aromatic carbocycles. The molecule has 5 nitrogen and oxygen atoms in total. The van der Waals surface area contributed by atoms with Crippen LogP contribution in [0.1, 0.15) is 18.4 Å². The number of hydrogen-bond donors (Lipinski definition) is 1. The molecular weight excluding hydrogens is 487 g/mol. The molecule has 1 N–H and O–H groups in total. The fraction of sp³-hybridized carbons (Fsp3) is 0.278. The number of halogens is 2. The van der Waals surface area contributed by atoms with Crippen molar-refractivity contribution in [2.45, 2.75) is 30.7 Å². The first-order chi connectivity index (χ1) is 12.3. The van der Waals surface area contributed by atoms with Gasteiger partial charge in [0.1, 0.15) is 6.04 Å². The predicted octanol–water partition coefficient (Wildman–Crippen LogP) is 4.04. The maximum absolute atomic E-state index is 12.9. The zero-order chi connectivity index (χ0) is 18.9. The number of rotatable bonds is 4. The molecule has 1 saturated heterocycles. The first-order valence-electron chi connectivity index (χ1n) is 8.13. The summed E-state index contributed by atoms with van der Waals surface area (Å²) in [5.41, 5.74) is 1.73. The molecule has 26 heavy (non-hydrogen) atoms. The molecule has 1 aliphatic heterocycles. The number of nitrogens with zero attached hydrogens (tertiary/aromatic N) is 1. The summed E-state index contributed by atoms with van der Waals surface area (Å²) in [4.78, 5) is 12.9. The van der Waals surface area contributed by atoms with Crippen molar-refractivity contribution in [2.24, 2.45) is 0 Å². The molecule has 1 aliphatic rings. The monoisotopic (exact) mass is 504 g/mol. The van der Waals surface area contributed by atoms with Crippen molar-refractivity contribution in [1.82, 2.24) is 4.31 Å². The highest BCUT2D eigenvalue weighted by atomic mass is 127. The molecule has 3 rings (SSSR count). The lowest BCUT2D eigenvalue weighted by Gasteiger charge is -2.23. The third-order valence-electron chi connectivity index (χ3n) is 4.35. The zero-order valence-corrected chi connectivity index (χ0v) is 17.8. The zero-order valence-electron chi connectivity index (χ0n) is 14.1. The Hall–Kier alpha value is -1.16. The summed E-state index contributed by atoms with van der Waals surface area (Å²) in [5, 5.41) is 3.31. The highest BCUT2D eigenvalue weighted by Gasteiger charge is 2.39. The topological polar surface area (TPSA) is 66.5 Å². The fourth-order valence-electron chi connectivity index (χ4n) is 2.98. The lowest BCUT2D eigenvalue weighted by atomic mass is 10.2. The van der Waals surface area contributed by atoms with Gasteiger partial charge < -0.3 is 5.32 Å². The van der Waals surface area contributed by atoms with Crippen molar-refractivity contribution in [3.8, 4) is 0 Å². The third kappa shape index (κ3) is 4.05. The lowest BCUT2D eigenvalue weighted by molar-refractivity contribution is -0.119. The normalized spacial score (nSPS) is 18.0.